The average Bonchev–Trinajstić information content (AvgIpc) is 3.54. The van der Waals surface area contributed by atoms with Gasteiger partial charge in [0.2, 0.25) is 0 Å². The molecule has 0 atom stereocenters. The summed E-state index contributed by atoms with van der Waals surface area (Å²) in [5.41, 5.74) is 5.73. The summed E-state index contributed by atoms with van der Waals surface area (Å²) in [6.07, 6.45) is 18.0. The van der Waals surface area contributed by atoms with Crippen molar-refractivity contribution in [1.82, 2.24) is 25.1 Å². The first-order chi connectivity index (χ1) is 15.8. The van der Waals surface area contributed by atoms with Crippen LogP contribution in [0.4, 0.5) is 0 Å². The van der Waals surface area contributed by atoms with Gasteiger partial charge in [-0.05, 0) is 46.2 Å². The molecule has 0 radical (unpaired) electrons. The summed E-state index contributed by atoms with van der Waals surface area (Å²) in [7, 11) is 0. The molecule has 5 nitrogen and oxygen atoms in total. The van der Waals surface area contributed by atoms with Gasteiger partial charge in [0.05, 0.1) is 17.6 Å². The number of rotatable bonds is 4. The van der Waals surface area contributed by atoms with Crippen LogP contribution in [0.1, 0.15) is 22.5 Å². The van der Waals surface area contributed by atoms with E-state index in [4.69, 9.17) is 0 Å². The van der Waals surface area contributed by atoms with Gasteiger partial charge in [0.25, 0.3) is 0 Å². The number of H-pyrrole nitrogens is 2. The lowest BCUT2D eigenvalue weighted by molar-refractivity contribution is 1.08. The van der Waals surface area contributed by atoms with Gasteiger partial charge in [-0.1, -0.05) is 48.6 Å². The molecular formula is C27H19N5. The van der Waals surface area contributed by atoms with Crippen molar-refractivity contribution in [2.45, 2.75) is 0 Å². The summed E-state index contributed by atoms with van der Waals surface area (Å²) in [5, 5.41) is 13.4. The number of aromatic nitrogens is 5. The highest BCUT2D eigenvalue weighted by atomic mass is 15.1. The van der Waals surface area contributed by atoms with Gasteiger partial charge in [0.1, 0.15) is 5.69 Å². The van der Waals surface area contributed by atoms with Gasteiger partial charge < -0.3 is 9.97 Å². The average molecular weight is 413 g/mol. The normalized spacial score (nSPS) is 12.1. The highest BCUT2D eigenvalue weighted by Gasteiger charge is 2.10. The molecule has 0 aliphatic carbocycles. The number of fused-ring (bicyclic) bond motifs is 3. The van der Waals surface area contributed by atoms with Crippen LogP contribution in [0.15, 0.2) is 79.5 Å². The first-order valence-electron chi connectivity index (χ1n) is 10.4. The Bertz CT molecular complexity index is 1580. The van der Waals surface area contributed by atoms with Crippen molar-refractivity contribution in [3.05, 3.63) is 102 Å². The number of benzene rings is 2. The number of nitrogens with zero attached hydrogens (tertiary/aromatic N) is 3. The topological polar surface area (TPSA) is 70.2 Å². The second kappa shape index (κ2) is 7.63. The van der Waals surface area contributed by atoms with E-state index >= 15 is 0 Å². The van der Waals surface area contributed by atoms with E-state index in [1.165, 1.54) is 21.5 Å². The Morgan fingerprint density at radius 1 is 0.625 bits per heavy atom. The monoisotopic (exact) mass is 413 g/mol. The smallest absolute Gasteiger partial charge is 0.113 e. The van der Waals surface area contributed by atoms with Crippen LogP contribution in [0.2, 0.25) is 0 Å². The van der Waals surface area contributed by atoms with Crippen LogP contribution in [0.25, 0.3) is 57.1 Å². The maximum absolute atomic E-state index is 4.59. The molecule has 2 aromatic carbocycles. The van der Waals surface area contributed by atoms with E-state index in [2.05, 4.69) is 73.7 Å². The Balaban J connectivity index is 1.32. The molecular weight excluding hydrogens is 394 g/mol. The molecule has 5 heteroatoms. The van der Waals surface area contributed by atoms with Gasteiger partial charge in [-0.3, -0.25) is 4.98 Å². The molecule has 2 N–H and O–H groups in total. The predicted octanol–water partition coefficient (Wildman–Crippen LogP) is 6.28. The largest absolute Gasteiger partial charge is 0.366 e. The Morgan fingerprint density at radius 2 is 1.31 bits per heavy atom. The number of hydrogen-bond acceptors (Lipinski definition) is 3. The molecule has 2 aliphatic heterocycles. The van der Waals surface area contributed by atoms with E-state index in [-0.39, 0.29) is 0 Å². The molecule has 2 aromatic heterocycles. The van der Waals surface area contributed by atoms with E-state index in [0.29, 0.717) is 0 Å². The minimum Gasteiger partial charge on any atom is -0.366 e. The van der Waals surface area contributed by atoms with Gasteiger partial charge >= 0.3 is 0 Å². The number of hydrogen-bond donors (Lipinski definition) is 2. The third kappa shape index (κ3) is 3.26. The molecule has 0 spiro atoms. The highest BCUT2D eigenvalue weighted by molar-refractivity contribution is 5.94. The Hall–Kier alpha value is -4.51. The minimum atomic E-state index is 0.775. The van der Waals surface area contributed by atoms with E-state index < -0.39 is 0 Å². The third-order valence-electron chi connectivity index (χ3n) is 5.71. The summed E-state index contributed by atoms with van der Waals surface area (Å²) in [6.45, 7) is 0. The van der Waals surface area contributed by atoms with Gasteiger partial charge in [-0.25, -0.2) is 0 Å². The zero-order valence-electron chi connectivity index (χ0n) is 17.2. The Labute approximate surface area is 184 Å². The van der Waals surface area contributed by atoms with Crippen molar-refractivity contribution in [2.24, 2.45) is 0 Å². The number of nitrogens with one attached hydrogen (secondary N) is 2. The molecule has 0 bridgehead atoms. The van der Waals surface area contributed by atoms with Crippen LogP contribution in [0.5, 0.6) is 0 Å². The van der Waals surface area contributed by atoms with Crippen molar-refractivity contribution in [3.8, 4) is 11.3 Å². The second-order valence-corrected chi connectivity index (χ2v) is 7.68. The lowest BCUT2D eigenvalue weighted by Gasteiger charge is -1.96. The molecule has 0 amide bonds. The van der Waals surface area contributed by atoms with Gasteiger partial charge in [-0.2, -0.15) is 0 Å². The van der Waals surface area contributed by atoms with Crippen molar-refractivity contribution in [1.29, 1.82) is 0 Å². The van der Waals surface area contributed by atoms with Crippen LogP contribution >= 0.6 is 0 Å². The van der Waals surface area contributed by atoms with Crippen molar-refractivity contribution in [2.75, 3.05) is 0 Å². The van der Waals surface area contributed by atoms with Crippen LogP contribution < -0.4 is 0 Å². The highest BCUT2D eigenvalue weighted by Crippen LogP contribution is 2.26. The lowest BCUT2D eigenvalue weighted by Crippen LogP contribution is -1.76. The maximum Gasteiger partial charge on any atom is 0.113 e. The Kier molecular flexibility index (Phi) is 4.36. The third-order valence-corrected chi connectivity index (χ3v) is 5.71. The first kappa shape index (κ1) is 18.3. The molecule has 4 heterocycles. The molecule has 6 rings (SSSR count). The molecule has 152 valence electrons. The fraction of sp³-hybridized carbons (Fsp3) is 0. The van der Waals surface area contributed by atoms with Gasteiger partial charge in [-0.15, -0.1) is 10.2 Å². The SMILES string of the molecule is C(=C\c1cccc2c[nH]cc12)/c1ccc2c(/C=C/c3cccc4c[nH]cc34)nnc-2cn1. The molecule has 0 unspecified atom stereocenters. The van der Waals surface area contributed by atoms with E-state index in [1.807, 2.05) is 49.1 Å². The molecule has 2 aliphatic rings. The number of aromatic amines is 2. The standard InChI is InChI=1S/C27H19N5/c1-3-18(24-15-28-13-20(24)5-1)7-9-22-10-11-23-26(31-32-27(23)17-30-22)12-8-19-4-2-6-21-14-29-16-25(19)21/h1-17,28-29H/b9-7+,12-8+. The van der Waals surface area contributed by atoms with Gasteiger partial charge in [0, 0.05) is 41.1 Å². The lowest BCUT2D eigenvalue weighted by atomic mass is 10.1. The Morgan fingerprint density at radius 3 is 2.03 bits per heavy atom. The van der Waals surface area contributed by atoms with Crippen molar-refractivity contribution in [3.63, 3.8) is 0 Å². The fourth-order valence-electron chi connectivity index (χ4n) is 4.03. The van der Waals surface area contributed by atoms with Crippen LogP contribution in [-0.4, -0.2) is 25.1 Å². The fourth-order valence-corrected chi connectivity index (χ4v) is 4.03. The van der Waals surface area contributed by atoms with E-state index in [9.17, 15) is 0 Å². The van der Waals surface area contributed by atoms with Crippen molar-refractivity contribution < 1.29 is 0 Å². The maximum atomic E-state index is 4.59. The molecule has 0 saturated carbocycles. The van der Waals surface area contributed by atoms with Crippen molar-refractivity contribution >= 4 is 45.8 Å². The summed E-state index contributed by atoms with van der Waals surface area (Å²) < 4.78 is 0. The van der Waals surface area contributed by atoms with E-state index in [1.54, 1.807) is 6.20 Å². The zero-order valence-corrected chi connectivity index (χ0v) is 17.2. The van der Waals surface area contributed by atoms with E-state index in [0.717, 1.165) is 33.8 Å². The summed E-state index contributed by atoms with van der Waals surface area (Å²) in [5.74, 6) is 0. The van der Waals surface area contributed by atoms with Gasteiger partial charge in [0.15, 0.2) is 0 Å². The molecule has 4 aromatic rings. The zero-order chi connectivity index (χ0) is 21.3. The molecule has 32 heavy (non-hydrogen) atoms. The first-order valence-corrected chi connectivity index (χ1v) is 10.4. The minimum absolute atomic E-state index is 0.775. The van der Waals surface area contributed by atoms with Crippen LogP contribution in [0.3, 0.4) is 0 Å². The molecule has 0 saturated heterocycles. The summed E-state index contributed by atoms with van der Waals surface area (Å²) in [4.78, 5) is 10.9. The van der Waals surface area contributed by atoms with Crippen LogP contribution in [-0.2, 0) is 0 Å². The second-order valence-electron chi connectivity index (χ2n) is 7.68. The predicted molar refractivity (Wildman–Crippen MR) is 131 cm³/mol. The van der Waals surface area contributed by atoms with Crippen LogP contribution in [0, 0.1) is 0 Å². The molecule has 0 fully saturated rings. The quantitative estimate of drug-likeness (QED) is 0.357. The summed E-state index contributed by atoms with van der Waals surface area (Å²) in [6, 6.07) is 16.6. The summed E-state index contributed by atoms with van der Waals surface area (Å²) >= 11 is 0.